The molecular weight excluding hydrogens is 592 g/mol. The van der Waals surface area contributed by atoms with Crippen LogP contribution >= 0.6 is 11.6 Å². The lowest BCUT2D eigenvalue weighted by atomic mass is 10.1. The van der Waals surface area contributed by atoms with E-state index in [9.17, 15) is 32.2 Å². The van der Waals surface area contributed by atoms with E-state index >= 15 is 0 Å². The maximum atomic E-state index is 14.4. The standard InChI is InChI=1S/C28H30ClF2N5O5S/c1-15(42(41)33-16(2)27(39)34-42)8-9-21-17(3)35(13-22(21)18(4)37)14-25(38)36-12-20(30)10-24(36)28(40)32-11-19-6-5-7-23(29)26(19)31/h5-9,13,16,20,24H,1,10-12,14H2,2-4H3,(H,32,40)(H,33,34,39,41)/b9-8-/t16-,20+,24-,42+/m0/s1. The Morgan fingerprint density at radius 1 is 1.33 bits per heavy atom. The van der Waals surface area contributed by atoms with E-state index in [1.807, 2.05) is 0 Å². The fourth-order valence-electron chi connectivity index (χ4n) is 4.78. The highest BCUT2D eigenvalue weighted by Gasteiger charge is 2.40. The van der Waals surface area contributed by atoms with Crippen molar-refractivity contribution < 1.29 is 32.2 Å². The number of nitrogens with zero attached hydrogens (tertiary/aromatic N) is 3. The number of alkyl halides is 1. The first-order valence-electron chi connectivity index (χ1n) is 13.0. The molecule has 0 saturated carbocycles. The number of amides is 3. The van der Waals surface area contributed by atoms with Gasteiger partial charge >= 0.3 is 0 Å². The van der Waals surface area contributed by atoms with E-state index in [1.54, 1.807) is 6.92 Å². The van der Waals surface area contributed by atoms with E-state index in [4.69, 9.17) is 11.6 Å². The van der Waals surface area contributed by atoms with Crippen molar-refractivity contribution in [2.75, 3.05) is 6.54 Å². The molecule has 2 aromatic rings. The number of Topliss-reactive ketones (excluding diaryl/α,β-unsaturated/α-hetero) is 1. The zero-order valence-corrected chi connectivity index (χ0v) is 24.7. The van der Waals surface area contributed by atoms with Crippen molar-refractivity contribution >= 4 is 51.1 Å². The van der Waals surface area contributed by atoms with Crippen LogP contribution in [-0.4, -0.2) is 62.0 Å². The second-order valence-corrected chi connectivity index (χ2v) is 12.5. The number of nitrogens with one attached hydrogen (secondary N) is 2. The van der Waals surface area contributed by atoms with Gasteiger partial charge in [-0.1, -0.05) is 36.4 Å². The molecule has 1 fully saturated rings. The Labute approximate surface area is 247 Å². The third-order valence-electron chi connectivity index (χ3n) is 7.16. The number of likely N-dealkylation sites (tertiary alicyclic amines) is 1. The predicted octanol–water partition coefficient (Wildman–Crippen LogP) is 3.48. The van der Waals surface area contributed by atoms with Crippen LogP contribution in [0.15, 0.2) is 46.3 Å². The van der Waals surface area contributed by atoms with Crippen LogP contribution in [0.4, 0.5) is 8.78 Å². The van der Waals surface area contributed by atoms with E-state index in [1.165, 1.54) is 55.0 Å². The van der Waals surface area contributed by atoms with Crippen LogP contribution in [0.25, 0.3) is 6.08 Å². The zero-order chi connectivity index (χ0) is 30.9. The van der Waals surface area contributed by atoms with Gasteiger partial charge in [0.15, 0.2) is 5.78 Å². The fourth-order valence-corrected chi connectivity index (χ4v) is 6.54. The van der Waals surface area contributed by atoms with Crippen LogP contribution in [0.1, 0.15) is 47.4 Å². The summed E-state index contributed by atoms with van der Waals surface area (Å²) in [6.45, 7) is 7.52. The highest BCUT2D eigenvalue weighted by molar-refractivity contribution is 7.96. The molecule has 3 amide bonds. The predicted molar refractivity (Wildman–Crippen MR) is 154 cm³/mol. The first-order chi connectivity index (χ1) is 19.7. The molecule has 42 heavy (non-hydrogen) atoms. The first kappa shape index (κ1) is 31.3. The Bertz CT molecular complexity index is 1640. The van der Waals surface area contributed by atoms with Gasteiger partial charge in [0.25, 0.3) is 5.91 Å². The van der Waals surface area contributed by atoms with Crippen LogP contribution in [-0.2, 0) is 37.4 Å². The number of hydrogen-bond acceptors (Lipinski definition) is 5. The summed E-state index contributed by atoms with van der Waals surface area (Å²) in [7, 11) is -3.23. The second kappa shape index (κ2) is 12.3. The van der Waals surface area contributed by atoms with Gasteiger partial charge < -0.3 is 14.8 Å². The number of benzene rings is 1. The van der Waals surface area contributed by atoms with Crippen LogP contribution in [0.3, 0.4) is 0 Å². The summed E-state index contributed by atoms with van der Waals surface area (Å²) >= 11 is 5.79. The minimum Gasteiger partial charge on any atom is -0.350 e. The lowest BCUT2D eigenvalue weighted by Gasteiger charge is -2.24. The third kappa shape index (κ3) is 6.37. The summed E-state index contributed by atoms with van der Waals surface area (Å²) < 4.78 is 49.4. The molecule has 2 aliphatic heterocycles. The molecule has 14 heteroatoms. The molecule has 0 spiro atoms. The quantitative estimate of drug-likeness (QED) is 0.327. The molecule has 3 heterocycles. The molecule has 0 aliphatic carbocycles. The Morgan fingerprint density at radius 3 is 2.69 bits per heavy atom. The number of allylic oxidation sites excluding steroid dienone is 1. The van der Waals surface area contributed by atoms with Crippen LogP contribution in [0.2, 0.25) is 5.02 Å². The van der Waals surface area contributed by atoms with Gasteiger partial charge in [-0.2, -0.15) is 0 Å². The molecule has 1 saturated heterocycles. The van der Waals surface area contributed by atoms with E-state index in [-0.39, 0.29) is 52.9 Å². The van der Waals surface area contributed by atoms with Crippen LogP contribution < -0.4 is 10.0 Å². The molecule has 0 unspecified atom stereocenters. The van der Waals surface area contributed by atoms with Gasteiger partial charge in [0.1, 0.15) is 34.5 Å². The summed E-state index contributed by atoms with van der Waals surface area (Å²) in [5.41, 5.74) is 1.35. The third-order valence-corrected chi connectivity index (χ3v) is 9.40. The van der Waals surface area contributed by atoms with E-state index in [2.05, 4.69) is 21.0 Å². The minimum atomic E-state index is -3.23. The summed E-state index contributed by atoms with van der Waals surface area (Å²) in [6.07, 6.45) is 2.73. The number of aromatic nitrogens is 1. The van der Waals surface area contributed by atoms with Crippen molar-refractivity contribution in [2.24, 2.45) is 4.36 Å². The zero-order valence-electron chi connectivity index (χ0n) is 23.2. The van der Waals surface area contributed by atoms with Gasteiger partial charge in [-0.15, -0.1) is 4.36 Å². The lowest BCUT2D eigenvalue weighted by Crippen LogP contribution is -2.46. The second-order valence-electron chi connectivity index (χ2n) is 10.1. The number of halogens is 3. The highest BCUT2D eigenvalue weighted by atomic mass is 35.5. The fraction of sp³-hybridized carbons (Fsp3) is 0.357. The lowest BCUT2D eigenvalue weighted by molar-refractivity contribution is -0.139. The molecule has 2 aliphatic rings. The normalized spacial score (nSPS) is 23.8. The van der Waals surface area contributed by atoms with Gasteiger partial charge in [-0.3, -0.25) is 19.2 Å². The van der Waals surface area contributed by atoms with Gasteiger partial charge in [0.2, 0.25) is 11.8 Å². The average Bonchev–Trinajstić information content (AvgIpc) is 3.56. The maximum absolute atomic E-state index is 14.4. The Morgan fingerprint density at radius 2 is 2.05 bits per heavy atom. The van der Waals surface area contributed by atoms with E-state index in [0.29, 0.717) is 11.3 Å². The molecule has 4 atom stereocenters. The molecule has 10 nitrogen and oxygen atoms in total. The van der Waals surface area contributed by atoms with E-state index < -0.39 is 51.7 Å². The van der Waals surface area contributed by atoms with Crippen molar-refractivity contribution in [1.82, 2.24) is 19.5 Å². The van der Waals surface area contributed by atoms with Crippen LogP contribution in [0.5, 0.6) is 0 Å². The van der Waals surface area contributed by atoms with Gasteiger partial charge in [0, 0.05) is 41.5 Å². The molecular formula is C28H30ClF2N5O5S. The average molecular weight is 622 g/mol. The largest absolute Gasteiger partial charge is 0.350 e. The highest BCUT2D eigenvalue weighted by Crippen LogP contribution is 2.25. The number of ketones is 1. The monoisotopic (exact) mass is 621 g/mol. The SMILES string of the molecule is C=C(/C=C\c1c(C(C)=O)cn(CC(=O)N2C[C@H](F)C[C@H]2C(=O)NCc2cccc(Cl)c2F)c1C)[S@]1(=O)=NC(=O)[C@H](C)N1. The molecule has 0 radical (unpaired) electrons. The first-order valence-corrected chi connectivity index (χ1v) is 14.9. The maximum Gasteiger partial charge on any atom is 0.272 e. The van der Waals surface area contributed by atoms with Gasteiger partial charge in [-0.25, -0.2) is 17.7 Å². The van der Waals surface area contributed by atoms with Crippen molar-refractivity contribution in [2.45, 2.75) is 58.5 Å². The van der Waals surface area contributed by atoms with Gasteiger partial charge in [-0.05, 0) is 32.9 Å². The Balaban J connectivity index is 1.51. The number of rotatable bonds is 9. The molecule has 0 bridgehead atoms. The van der Waals surface area contributed by atoms with Crippen molar-refractivity contribution in [1.29, 1.82) is 0 Å². The summed E-state index contributed by atoms with van der Waals surface area (Å²) in [5.74, 6) is -2.72. The summed E-state index contributed by atoms with van der Waals surface area (Å²) in [5, 5.41) is 2.45. The Hall–Kier alpha value is -3.68. The van der Waals surface area contributed by atoms with Crippen molar-refractivity contribution in [3.8, 4) is 0 Å². The molecule has 1 aromatic heterocycles. The van der Waals surface area contributed by atoms with Crippen LogP contribution in [0, 0.1) is 12.7 Å². The molecule has 1 aromatic carbocycles. The molecule has 4 rings (SSSR count). The Kier molecular flexibility index (Phi) is 9.14. The summed E-state index contributed by atoms with van der Waals surface area (Å²) in [6, 6.07) is 2.54. The smallest absolute Gasteiger partial charge is 0.272 e. The minimum absolute atomic E-state index is 0.0375. The molecule has 2 N–H and O–H groups in total. The van der Waals surface area contributed by atoms with Crippen molar-refractivity contribution in [3.05, 3.63) is 75.2 Å². The molecule has 224 valence electrons. The topological polar surface area (TPSA) is 130 Å². The summed E-state index contributed by atoms with van der Waals surface area (Å²) in [4.78, 5) is 51.6. The number of hydrogen-bond donors (Lipinski definition) is 2. The van der Waals surface area contributed by atoms with Crippen molar-refractivity contribution in [3.63, 3.8) is 0 Å². The van der Waals surface area contributed by atoms with E-state index in [0.717, 1.165) is 4.90 Å². The van der Waals surface area contributed by atoms with Gasteiger partial charge in [0.05, 0.1) is 22.5 Å². The number of carbonyl (C=O) groups is 4. The number of carbonyl (C=O) groups excluding carboxylic acids is 4.